The first-order valence-electron chi connectivity index (χ1n) is 7.98. The fraction of sp³-hybridized carbons (Fsp3) is 0.105. The van der Waals surface area contributed by atoms with Gasteiger partial charge in [-0.2, -0.15) is 0 Å². The van der Waals surface area contributed by atoms with E-state index in [2.05, 4.69) is 32.8 Å². The summed E-state index contributed by atoms with van der Waals surface area (Å²) in [5, 5.41) is 3.43. The van der Waals surface area contributed by atoms with Gasteiger partial charge in [0.05, 0.1) is 22.3 Å². The summed E-state index contributed by atoms with van der Waals surface area (Å²) in [5.74, 6) is -0.943. The first-order valence-corrected chi connectivity index (χ1v) is 9.75. The average Bonchev–Trinajstić information content (AvgIpc) is 2.65. The molecular formula is C19H15BrFN3O2S. The number of nitrogens with zero attached hydrogens (tertiary/aromatic N) is 2. The molecule has 138 valence electrons. The molecule has 8 heteroatoms. The molecule has 0 unspecified atom stereocenters. The van der Waals surface area contributed by atoms with E-state index in [1.165, 1.54) is 16.7 Å². The topological polar surface area (TPSA) is 64.0 Å². The predicted octanol–water partition coefficient (Wildman–Crippen LogP) is 4.21. The largest absolute Gasteiger partial charge is 0.323 e. The second-order valence-electron chi connectivity index (χ2n) is 5.58. The number of halogens is 2. The van der Waals surface area contributed by atoms with E-state index in [1.54, 1.807) is 36.4 Å². The molecule has 0 saturated heterocycles. The van der Waals surface area contributed by atoms with Crippen LogP contribution in [-0.2, 0) is 11.3 Å². The van der Waals surface area contributed by atoms with Crippen LogP contribution in [0.15, 0.2) is 69.5 Å². The normalized spacial score (nSPS) is 10.7. The number of anilines is 1. The maximum absolute atomic E-state index is 13.8. The summed E-state index contributed by atoms with van der Waals surface area (Å²) in [6.45, 7) is 3.94. The van der Waals surface area contributed by atoms with Gasteiger partial charge >= 0.3 is 0 Å². The lowest BCUT2D eigenvalue weighted by atomic mass is 10.2. The molecular weight excluding hydrogens is 433 g/mol. The zero-order valence-corrected chi connectivity index (χ0v) is 16.5. The molecule has 3 rings (SSSR count). The SMILES string of the molecule is C=CCn1c(SCC(=O)Nc2ccc(Br)cc2F)nc2ccccc2c1=O. The Hall–Kier alpha value is -2.45. The van der Waals surface area contributed by atoms with Crippen LogP contribution in [0.3, 0.4) is 0 Å². The number of carbonyl (C=O) groups excluding carboxylic acids is 1. The number of amides is 1. The molecule has 0 saturated carbocycles. The van der Waals surface area contributed by atoms with Gasteiger partial charge in [-0.3, -0.25) is 14.2 Å². The zero-order valence-electron chi connectivity index (χ0n) is 14.1. The van der Waals surface area contributed by atoms with Gasteiger partial charge in [0.2, 0.25) is 5.91 Å². The molecule has 0 aliphatic rings. The van der Waals surface area contributed by atoms with Crippen molar-refractivity contribution < 1.29 is 9.18 Å². The van der Waals surface area contributed by atoms with Crippen LogP contribution in [0.5, 0.6) is 0 Å². The smallest absolute Gasteiger partial charge is 0.262 e. The third-order valence-electron chi connectivity index (χ3n) is 3.68. The minimum atomic E-state index is -0.532. The number of benzene rings is 2. The summed E-state index contributed by atoms with van der Waals surface area (Å²) >= 11 is 4.28. The highest BCUT2D eigenvalue weighted by Gasteiger charge is 2.13. The van der Waals surface area contributed by atoms with E-state index in [0.29, 0.717) is 20.5 Å². The van der Waals surface area contributed by atoms with Gasteiger partial charge < -0.3 is 5.32 Å². The summed E-state index contributed by atoms with van der Waals surface area (Å²) in [7, 11) is 0. The molecule has 1 N–H and O–H groups in total. The maximum atomic E-state index is 13.8. The Balaban J connectivity index is 1.81. The summed E-state index contributed by atoms with van der Waals surface area (Å²) < 4.78 is 15.9. The third-order valence-corrected chi connectivity index (χ3v) is 5.15. The average molecular weight is 448 g/mol. The van der Waals surface area contributed by atoms with Gasteiger partial charge in [-0.1, -0.05) is 45.9 Å². The number of nitrogens with one attached hydrogen (secondary N) is 1. The number of hydrogen-bond acceptors (Lipinski definition) is 4. The monoisotopic (exact) mass is 447 g/mol. The van der Waals surface area contributed by atoms with Crippen molar-refractivity contribution in [3.63, 3.8) is 0 Å². The molecule has 1 heterocycles. The second kappa shape index (κ2) is 8.49. The quantitative estimate of drug-likeness (QED) is 0.349. The third kappa shape index (κ3) is 4.45. The van der Waals surface area contributed by atoms with E-state index < -0.39 is 11.7 Å². The summed E-state index contributed by atoms with van der Waals surface area (Å²) in [4.78, 5) is 29.3. The second-order valence-corrected chi connectivity index (χ2v) is 7.44. The van der Waals surface area contributed by atoms with Gasteiger partial charge in [0.15, 0.2) is 5.16 Å². The zero-order chi connectivity index (χ0) is 19.4. The van der Waals surface area contributed by atoms with Gasteiger partial charge in [0.25, 0.3) is 5.56 Å². The standard InChI is InChI=1S/C19H15BrFN3O2S/c1-2-9-24-18(26)13-5-3-4-6-15(13)23-19(24)27-11-17(25)22-16-8-7-12(20)10-14(16)21/h2-8,10H,1,9,11H2,(H,22,25). The first kappa shape index (κ1) is 19.3. The number of para-hydroxylation sites is 1. The Kier molecular flexibility index (Phi) is 6.08. The van der Waals surface area contributed by atoms with E-state index in [-0.39, 0.29) is 23.5 Å². The molecule has 0 aliphatic heterocycles. The molecule has 2 aromatic carbocycles. The Bertz CT molecular complexity index is 1080. The van der Waals surface area contributed by atoms with Crippen LogP contribution in [-0.4, -0.2) is 21.2 Å². The van der Waals surface area contributed by atoms with E-state index in [1.807, 2.05) is 0 Å². The van der Waals surface area contributed by atoms with E-state index in [4.69, 9.17) is 0 Å². The number of carbonyl (C=O) groups is 1. The number of rotatable bonds is 6. The van der Waals surface area contributed by atoms with E-state index >= 15 is 0 Å². The van der Waals surface area contributed by atoms with Crippen molar-refractivity contribution in [2.24, 2.45) is 0 Å². The van der Waals surface area contributed by atoms with E-state index in [0.717, 1.165) is 11.8 Å². The maximum Gasteiger partial charge on any atom is 0.262 e. The molecule has 0 spiro atoms. The minimum Gasteiger partial charge on any atom is -0.323 e. The number of allylic oxidation sites excluding steroid dienone is 1. The van der Waals surface area contributed by atoms with Crippen LogP contribution in [0.25, 0.3) is 10.9 Å². The van der Waals surface area contributed by atoms with Crippen molar-refractivity contribution in [1.82, 2.24) is 9.55 Å². The van der Waals surface area contributed by atoms with Crippen molar-refractivity contribution >= 4 is 50.2 Å². The minimum absolute atomic E-state index is 0.0164. The van der Waals surface area contributed by atoms with Crippen LogP contribution in [0.4, 0.5) is 10.1 Å². The molecule has 0 atom stereocenters. The van der Waals surface area contributed by atoms with Crippen molar-refractivity contribution in [2.75, 3.05) is 11.1 Å². The van der Waals surface area contributed by atoms with Crippen molar-refractivity contribution in [3.8, 4) is 0 Å². The van der Waals surface area contributed by atoms with Crippen molar-refractivity contribution in [2.45, 2.75) is 11.7 Å². The highest BCUT2D eigenvalue weighted by atomic mass is 79.9. The van der Waals surface area contributed by atoms with E-state index in [9.17, 15) is 14.0 Å². The highest BCUT2D eigenvalue weighted by Crippen LogP contribution is 2.21. The van der Waals surface area contributed by atoms with Gasteiger partial charge in [-0.25, -0.2) is 9.37 Å². The fourth-order valence-electron chi connectivity index (χ4n) is 2.46. The molecule has 5 nitrogen and oxygen atoms in total. The Morgan fingerprint density at radius 3 is 2.85 bits per heavy atom. The molecule has 3 aromatic rings. The number of fused-ring (bicyclic) bond motifs is 1. The molecule has 1 aromatic heterocycles. The van der Waals surface area contributed by atoms with Crippen LogP contribution in [0, 0.1) is 5.82 Å². The number of hydrogen-bond donors (Lipinski definition) is 1. The molecule has 0 radical (unpaired) electrons. The Labute approximate surface area is 167 Å². The summed E-state index contributed by atoms with van der Waals surface area (Å²) in [6.07, 6.45) is 1.60. The molecule has 0 fully saturated rings. The first-order chi connectivity index (χ1) is 13.0. The predicted molar refractivity (Wildman–Crippen MR) is 110 cm³/mol. The lowest BCUT2D eigenvalue weighted by molar-refractivity contribution is -0.113. The molecule has 27 heavy (non-hydrogen) atoms. The summed E-state index contributed by atoms with van der Waals surface area (Å²) in [5.41, 5.74) is 0.464. The molecule has 0 aliphatic carbocycles. The lowest BCUT2D eigenvalue weighted by Crippen LogP contribution is -2.23. The lowest BCUT2D eigenvalue weighted by Gasteiger charge is -2.11. The van der Waals surface area contributed by atoms with Gasteiger partial charge in [-0.15, -0.1) is 6.58 Å². The van der Waals surface area contributed by atoms with Crippen LogP contribution >= 0.6 is 27.7 Å². The van der Waals surface area contributed by atoms with Gasteiger partial charge in [-0.05, 0) is 30.3 Å². The van der Waals surface area contributed by atoms with Gasteiger partial charge in [0.1, 0.15) is 5.82 Å². The number of aromatic nitrogens is 2. The fourth-order valence-corrected chi connectivity index (χ4v) is 3.60. The van der Waals surface area contributed by atoms with Crippen LogP contribution < -0.4 is 10.9 Å². The Morgan fingerprint density at radius 2 is 2.11 bits per heavy atom. The van der Waals surface area contributed by atoms with Crippen molar-refractivity contribution in [3.05, 3.63) is 75.8 Å². The van der Waals surface area contributed by atoms with Crippen LogP contribution in [0.2, 0.25) is 0 Å². The summed E-state index contributed by atoms with van der Waals surface area (Å²) in [6, 6.07) is 11.4. The molecule has 0 bridgehead atoms. The van der Waals surface area contributed by atoms with Crippen molar-refractivity contribution in [1.29, 1.82) is 0 Å². The highest BCUT2D eigenvalue weighted by molar-refractivity contribution is 9.10. The van der Waals surface area contributed by atoms with Crippen LogP contribution in [0.1, 0.15) is 0 Å². The molecule has 1 amide bonds. The Morgan fingerprint density at radius 1 is 1.33 bits per heavy atom. The number of thioether (sulfide) groups is 1. The van der Waals surface area contributed by atoms with Gasteiger partial charge in [0, 0.05) is 11.0 Å².